The number of halogens is 1. The van der Waals surface area contributed by atoms with Crippen LogP contribution < -0.4 is 0 Å². The third kappa shape index (κ3) is 5.00. The summed E-state index contributed by atoms with van der Waals surface area (Å²) < 4.78 is 13.0. The molecule has 3 aromatic rings. The Morgan fingerprint density at radius 3 is 2.04 bits per heavy atom. The Morgan fingerprint density at radius 1 is 0.808 bits per heavy atom. The van der Waals surface area contributed by atoms with Crippen LogP contribution in [0.2, 0.25) is 0 Å². The van der Waals surface area contributed by atoms with E-state index in [2.05, 4.69) is 35.8 Å². The molecule has 0 aliphatic heterocycles. The van der Waals surface area contributed by atoms with E-state index in [9.17, 15) is 4.39 Å². The largest absolute Gasteiger partial charge is 0.256 e. The van der Waals surface area contributed by atoms with E-state index in [1.54, 1.807) is 12.1 Å². The molecule has 0 radical (unpaired) electrons. The lowest BCUT2D eigenvalue weighted by Gasteiger charge is -2.02. The van der Waals surface area contributed by atoms with Gasteiger partial charge >= 0.3 is 0 Å². The zero-order valence-corrected chi connectivity index (χ0v) is 14.7. The molecule has 26 heavy (non-hydrogen) atoms. The van der Waals surface area contributed by atoms with Crippen molar-refractivity contribution in [3.8, 4) is 11.1 Å². The van der Waals surface area contributed by atoms with Gasteiger partial charge in [-0.3, -0.25) is 4.99 Å². The van der Waals surface area contributed by atoms with E-state index >= 15 is 0 Å². The first-order valence-corrected chi connectivity index (χ1v) is 8.84. The number of hydrogen-bond donors (Lipinski definition) is 0. The third-order valence-electron chi connectivity index (χ3n) is 4.26. The second kappa shape index (κ2) is 8.91. The van der Waals surface area contributed by atoms with Gasteiger partial charge in [-0.1, -0.05) is 54.6 Å². The molecule has 0 aliphatic rings. The Balaban J connectivity index is 1.63. The molecule has 0 aromatic heterocycles. The number of benzene rings is 3. The molecule has 0 spiro atoms. The molecule has 3 aromatic carbocycles. The molecule has 0 saturated carbocycles. The zero-order valence-electron chi connectivity index (χ0n) is 14.7. The summed E-state index contributed by atoms with van der Waals surface area (Å²) in [5.74, 6) is -0.221. The quantitative estimate of drug-likeness (QED) is 0.255. The number of aryl methyl sites for hydroxylation is 1. The predicted octanol–water partition coefficient (Wildman–Crippen LogP) is 6.75. The fraction of sp³-hybridized carbons (Fsp3) is 0.125. The molecule has 3 rings (SSSR count). The Kier molecular flexibility index (Phi) is 6.10. The summed E-state index contributed by atoms with van der Waals surface area (Å²) in [6, 6.07) is 23.0. The van der Waals surface area contributed by atoms with Crippen LogP contribution in [0.25, 0.3) is 11.1 Å². The lowest BCUT2D eigenvalue weighted by Crippen LogP contribution is -1.86. The van der Waals surface area contributed by atoms with Gasteiger partial charge in [-0.25, -0.2) is 4.39 Å². The van der Waals surface area contributed by atoms with Crippen LogP contribution in [0.3, 0.4) is 0 Å². The van der Waals surface area contributed by atoms with Crippen molar-refractivity contribution in [2.24, 2.45) is 4.99 Å². The minimum Gasteiger partial charge on any atom is -0.256 e. The highest BCUT2D eigenvalue weighted by Gasteiger charge is 1.98. The van der Waals surface area contributed by atoms with Crippen molar-refractivity contribution in [2.75, 3.05) is 0 Å². The molecule has 1 nitrogen and oxygen atoms in total. The van der Waals surface area contributed by atoms with E-state index in [0.717, 1.165) is 41.6 Å². The van der Waals surface area contributed by atoms with Crippen LogP contribution in [0, 0.1) is 5.82 Å². The minimum absolute atomic E-state index is 0.221. The molecule has 2 heteroatoms. The van der Waals surface area contributed by atoms with Crippen molar-refractivity contribution in [2.45, 2.75) is 19.3 Å². The molecule has 0 aliphatic carbocycles. The van der Waals surface area contributed by atoms with Gasteiger partial charge in [0.2, 0.25) is 0 Å². The van der Waals surface area contributed by atoms with Crippen molar-refractivity contribution >= 4 is 11.9 Å². The fourth-order valence-electron chi connectivity index (χ4n) is 2.75. The molecule has 0 amide bonds. The maximum Gasteiger partial charge on any atom is 0.123 e. The first kappa shape index (κ1) is 17.8. The van der Waals surface area contributed by atoms with Gasteiger partial charge in [-0.15, -0.1) is 6.58 Å². The molecule has 0 bridgehead atoms. The van der Waals surface area contributed by atoms with E-state index in [-0.39, 0.29) is 5.82 Å². The second-order valence-corrected chi connectivity index (χ2v) is 6.23. The van der Waals surface area contributed by atoms with Gasteiger partial charge in [-0.2, -0.15) is 0 Å². The van der Waals surface area contributed by atoms with Crippen LogP contribution in [-0.4, -0.2) is 6.21 Å². The van der Waals surface area contributed by atoms with E-state index in [1.165, 1.54) is 17.7 Å². The maximum atomic E-state index is 13.0. The molecule has 0 heterocycles. The van der Waals surface area contributed by atoms with E-state index in [1.807, 2.05) is 36.6 Å². The van der Waals surface area contributed by atoms with Crippen LogP contribution in [-0.2, 0) is 6.42 Å². The predicted molar refractivity (Wildman–Crippen MR) is 109 cm³/mol. The van der Waals surface area contributed by atoms with Gasteiger partial charge in [0, 0.05) is 6.21 Å². The third-order valence-corrected chi connectivity index (χ3v) is 4.26. The number of allylic oxidation sites excluding steroid dienone is 1. The van der Waals surface area contributed by atoms with Gasteiger partial charge in [0.1, 0.15) is 5.82 Å². The lowest BCUT2D eigenvalue weighted by atomic mass is 10.1. The number of hydrogen-bond acceptors (Lipinski definition) is 1. The monoisotopic (exact) mass is 343 g/mol. The van der Waals surface area contributed by atoms with Crippen LogP contribution in [0.4, 0.5) is 10.1 Å². The molecule has 0 atom stereocenters. The maximum absolute atomic E-state index is 13.0. The molecular formula is C24H22FN. The molecule has 130 valence electrons. The number of rotatable bonds is 7. The molecule has 0 saturated heterocycles. The van der Waals surface area contributed by atoms with Crippen LogP contribution in [0.15, 0.2) is 90.4 Å². The highest BCUT2D eigenvalue weighted by molar-refractivity contribution is 5.82. The first-order chi connectivity index (χ1) is 12.7. The molecule has 0 unspecified atom stereocenters. The van der Waals surface area contributed by atoms with Crippen molar-refractivity contribution in [1.29, 1.82) is 0 Å². The first-order valence-electron chi connectivity index (χ1n) is 8.84. The Bertz CT molecular complexity index is 860. The second-order valence-electron chi connectivity index (χ2n) is 6.23. The summed E-state index contributed by atoms with van der Waals surface area (Å²) >= 11 is 0. The van der Waals surface area contributed by atoms with Crippen molar-refractivity contribution in [1.82, 2.24) is 0 Å². The fourth-order valence-corrected chi connectivity index (χ4v) is 2.75. The van der Waals surface area contributed by atoms with Crippen molar-refractivity contribution in [3.63, 3.8) is 0 Å². The van der Waals surface area contributed by atoms with Crippen LogP contribution >= 0.6 is 0 Å². The summed E-state index contributed by atoms with van der Waals surface area (Å²) in [5.41, 5.74) is 5.36. The van der Waals surface area contributed by atoms with Gasteiger partial charge in [0.25, 0.3) is 0 Å². The topological polar surface area (TPSA) is 12.4 Å². The molecular weight excluding hydrogens is 321 g/mol. The molecule has 0 fully saturated rings. The minimum atomic E-state index is -0.221. The van der Waals surface area contributed by atoms with Crippen molar-refractivity contribution in [3.05, 3.63) is 102 Å². The number of aliphatic imine (C=N–C) groups is 1. The average molecular weight is 343 g/mol. The summed E-state index contributed by atoms with van der Waals surface area (Å²) in [6.07, 6.45) is 7.10. The SMILES string of the molecule is C=CCCCc1ccc(C=Nc2ccc(-c3ccc(F)cc3)cc2)cc1. The summed E-state index contributed by atoms with van der Waals surface area (Å²) in [5, 5.41) is 0. The van der Waals surface area contributed by atoms with Gasteiger partial charge in [0.05, 0.1) is 5.69 Å². The standard InChI is InChI=1S/C24H22FN/c1-2-3-4-5-19-6-8-20(9-7-19)18-26-24-16-12-22(13-17-24)21-10-14-23(25)15-11-21/h2,6-18H,1,3-5H2. The Hall–Kier alpha value is -3.00. The highest BCUT2D eigenvalue weighted by Crippen LogP contribution is 2.23. The Labute approximate surface area is 154 Å². The van der Waals surface area contributed by atoms with Gasteiger partial charge < -0.3 is 0 Å². The molecule has 0 N–H and O–H groups in total. The zero-order chi connectivity index (χ0) is 18.2. The smallest absolute Gasteiger partial charge is 0.123 e. The summed E-state index contributed by atoms with van der Waals surface area (Å²) in [7, 11) is 0. The van der Waals surface area contributed by atoms with E-state index in [4.69, 9.17) is 0 Å². The number of unbranched alkanes of at least 4 members (excludes halogenated alkanes) is 1. The van der Waals surface area contributed by atoms with E-state index < -0.39 is 0 Å². The summed E-state index contributed by atoms with van der Waals surface area (Å²) in [6.45, 7) is 3.75. The van der Waals surface area contributed by atoms with Gasteiger partial charge in [-0.05, 0) is 65.8 Å². The lowest BCUT2D eigenvalue weighted by molar-refractivity contribution is 0.628. The van der Waals surface area contributed by atoms with Crippen molar-refractivity contribution < 1.29 is 4.39 Å². The van der Waals surface area contributed by atoms with Gasteiger partial charge in [0.15, 0.2) is 0 Å². The number of nitrogens with zero attached hydrogens (tertiary/aromatic N) is 1. The normalized spacial score (nSPS) is 11.0. The van der Waals surface area contributed by atoms with Crippen LogP contribution in [0.5, 0.6) is 0 Å². The van der Waals surface area contributed by atoms with E-state index in [0.29, 0.717) is 0 Å². The summed E-state index contributed by atoms with van der Waals surface area (Å²) in [4.78, 5) is 4.53. The highest BCUT2D eigenvalue weighted by atomic mass is 19.1. The average Bonchev–Trinajstić information content (AvgIpc) is 2.69. The van der Waals surface area contributed by atoms with Crippen LogP contribution in [0.1, 0.15) is 24.0 Å². The Morgan fingerprint density at radius 2 is 1.42 bits per heavy atom.